The van der Waals surface area contributed by atoms with Crippen LogP contribution < -0.4 is 9.62 Å². The fraction of sp³-hybridized carbons (Fsp3) is 0.417. The predicted molar refractivity (Wildman–Crippen MR) is 133 cm³/mol. The van der Waals surface area contributed by atoms with Crippen molar-refractivity contribution >= 4 is 39.1 Å². The van der Waals surface area contributed by atoms with Crippen LogP contribution in [0.15, 0.2) is 48.5 Å². The number of anilines is 1. The van der Waals surface area contributed by atoms with Gasteiger partial charge in [-0.05, 0) is 48.7 Å². The number of rotatable bonds is 12. The van der Waals surface area contributed by atoms with Crippen molar-refractivity contribution in [3.05, 3.63) is 64.9 Å². The molecular weight excluding hydrogens is 481 g/mol. The van der Waals surface area contributed by atoms with Gasteiger partial charge in [0.1, 0.15) is 18.4 Å². The van der Waals surface area contributed by atoms with Crippen molar-refractivity contribution in [2.24, 2.45) is 0 Å². The third kappa shape index (κ3) is 7.99. The van der Waals surface area contributed by atoms with Crippen molar-refractivity contribution in [3.63, 3.8) is 0 Å². The molecule has 10 heteroatoms. The highest BCUT2D eigenvalue weighted by Gasteiger charge is 2.31. The first-order valence-corrected chi connectivity index (χ1v) is 13.3. The van der Waals surface area contributed by atoms with Crippen LogP contribution in [0.4, 0.5) is 10.1 Å². The lowest BCUT2D eigenvalue weighted by Crippen LogP contribution is -2.52. The van der Waals surface area contributed by atoms with E-state index in [1.54, 1.807) is 31.2 Å². The fourth-order valence-electron chi connectivity index (χ4n) is 3.46. The van der Waals surface area contributed by atoms with Crippen LogP contribution in [0.2, 0.25) is 5.02 Å². The van der Waals surface area contributed by atoms with Crippen LogP contribution in [0.3, 0.4) is 0 Å². The molecule has 186 valence electrons. The van der Waals surface area contributed by atoms with Crippen molar-refractivity contribution in [1.29, 1.82) is 0 Å². The molecule has 1 atom stereocenters. The second kappa shape index (κ2) is 12.7. The second-order valence-corrected chi connectivity index (χ2v) is 10.3. The summed E-state index contributed by atoms with van der Waals surface area (Å²) in [6.45, 7) is 3.78. The number of halogens is 2. The molecule has 0 aliphatic carbocycles. The van der Waals surface area contributed by atoms with E-state index < -0.39 is 34.3 Å². The summed E-state index contributed by atoms with van der Waals surface area (Å²) in [5.41, 5.74) is 0.761. The Balaban J connectivity index is 2.39. The average molecular weight is 512 g/mol. The monoisotopic (exact) mass is 511 g/mol. The van der Waals surface area contributed by atoms with Crippen molar-refractivity contribution in [2.45, 2.75) is 45.7 Å². The van der Waals surface area contributed by atoms with E-state index in [9.17, 15) is 22.4 Å². The van der Waals surface area contributed by atoms with Gasteiger partial charge in [0.05, 0.1) is 11.9 Å². The highest BCUT2D eigenvalue weighted by molar-refractivity contribution is 7.92. The van der Waals surface area contributed by atoms with Gasteiger partial charge < -0.3 is 10.2 Å². The van der Waals surface area contributed by atoms with Gasteiger partial charge in [0, 0.05) is 18.1 Å². The van der Waals surface area contributed by atoms with Gasteiger partial charge in [0.25, 0.3) is 0 Å². The zero-order valence-electron chi connectivity index (χ0n) is 19.6. The normalized spacial score (nSPS) is 12.1. The molecule has 0 aliphatic heterocycles. The highest BCUT2D eigenvalue weighted by atomic mass is 35.5. The molecule has 0 aromatic heterocycles. The maximum atomic E-state index is 13.8. The molecular formula is C24H31ClFN3O4S. The van der Waals surface area contributed by atoms with Gasteiger partial charge in [0.15, 0.2) is 0 Å². The lowest BCUT2D eigenvalue weighted by atomic mass is 10.1. The first-order valence-electron chi connectivity index (χ1n) is 11.1. The number of hydrogen-bond acceptors (Lipinski definition) is 4. The van der Waals surface area contributed by atoms with Crippen LogP contribution in [-0.2, 0) is 26.2 Å². The summed E-state index contributed by atoms with van der Waals surface area (Å²) in [6, 6.07) is 11.0. The quantitative estimate of drug-likeness (QED) is 0.437. The summed E-state index contributed by atoms with van der Waals surface area (Å²) in [5.74, 6) is -1.52. The number of benzene rings is 2. The van der Waals surface area contributed by atoms with Gasteiger partial charge in [-0.3, -0.25) is 13.9 Å². The summed E-state index contributed by atoms with van der Waals surface area (Å²) in [6.07, 6.45) is 2.98. The number of hydrogen-bond donors (Lipinski definition) is 1. The molecule has 0 radical (unpaired) electrons. The summed E-state index contributed by atoms with van der Waals surface area (Å²) in [7, 11) is -3.91. The third-order valence-corrected chi connectivity index (χ3v) is 6.65. The smallest absolute Gasteiger partial charge is 0.244 e. The molecule has 0 fully saturated rings. The zero-order chi connectivity index (χ0) is 25.3. The molecule has 0 heterocycles. The van der Waals surface area contributed by atoms with Gasteiger partial charge in [-0.1, -0.05) is 50.1 Å². The molecule has 1 N–H and O–H groups in total. The Kier molecular flexibility index (Phi) is 10.3. The van der Waals surface area contributed by atoms with Gasteiger partial charge in [-0.15, -0.1) is 0 Å². The number of sulfonamides is 1. The average Bonchev–Trinajstić information content (AvgIpc) is 2.78. The zero-order valence-corrected chi connectivity index (χ0v) is 21.2. The van der Waals surface area contributed by atoms with E-state index in [4.69, 9.17) is 11.6 Å². The Morgan fingerprint density at radius 1 is 1.12 bits per heavy atom. The molecule has 0 bridgehead atoms. The first kappa shape index (κ1) is 27.6. The van der Waals surface area contributed by atoms with Crippen LogP contribution in [-0.4, -0.2) is 50.5 Å². The summed E-state index contributed by atoms with van der Waals surface area (Å²) >= 11 is 5.97. The number of carbonyl (C=O) groups excluding carboxylic acids is 2. The van der Waals surface area contributed by atoms with Gasteiger partial charge in [0.2, 0.25) is 21.8 Å². The van der Waals surface area contributed by atoms with E-state index in [1.807, 2.05) is 6.92 Å². The van der Waals surface area contributed by atoms with Crippen molar-refractivity contribution in [3.8, 4) is 0 Å². The van der Waals surface area contributed by atoms with E-state index in [-0.39, 0.29) is 18.1 Å². The van der Waals surface area contributed by atoms with Crippen LogP contribution in [0, 0.1) is 5.82 Å². The largest absolute Gasteiger partial charge is 0.354 e. The molecule has 0 saturated carbocycles. The lowest BCUT2D eigenvalue weighted by Gasteiger charge is -2.33. The van der Waals surface area contributed by atoms with E-state index in [1.165, 1.54) is 23.1 Å². The van der Waals surface area contributed by atoms with Crippen LogP contribution in [0.1, 0.15) is 38.7 Å². The van der Waals surface area contributed by atoms with Crippen molar-refractivity contribution in [2.75, 3.05) is 23.7 Å². The van der Waals surface area contributed by atoms with Gasteiger partial charge in [-0.2, -0.15) is 0 Å². The van der Waals surface area contributed by atoms with Crippen LogP contribution >= 0.6 is 11.6 Å². The fourth-order valence-corrected chi connectivity index (χ4v) is 4.42. The molecule has 2 aromatic carbocycles. The number of nitrogens with one attached hydrogen (secondary N) is 1. The Morgan fingerprint density at radius 3 is 2.35 bits per heavy atom. The third-order valence-electron chi connectivity index (χ3n) is 5.26. The van der Waals surface area contributed by atoms with Gasteiger partial charge >= 0.3 is 0 Å². The van der Waals surface area contributed by atoms with Crippen molar-refractivity contribution in [1.82, 2.24) is 10.2 Å². The minimum absolute atomic E-state index is 0.0303. The molecule has 2 aromatic rings. The number of unbranched alkanes of at least 4 members (excludes halogenated alkanes) is 1. The van der Waals surface area contributed by atoms with Crippen molar-refractivity contribution < 1.29 is 22.4 Å². The molecule has 2 amide bonds. The summed E-state index contributed by atoms with van der Waals surface area (Å²) in [4.78, 5) is 27.8. The standard InChI is InChI=1S/C24H31ClFN3O4S/c1-4-6-14-27-24(31)22(5-2)28(16-18-10-12-19(25)13-11-18)23(30)17-29(34(3,32)33)21-9-7-8-20(26)15-21/h7-13,15,22H,4-6,14,16-17H2,1-3H3,(H,27,31). The minimum atomic E-state index is -3.91. The van der Waals surface area contributed by atoms with E-state index in [0.717, 1.165) is 35.0 Å². The molecule has 0 aliphatic rings. The first-order chi connectivity index (χ1) is 16.1. The molecule has 7 nitrogen and oxygen atoms in total. The van der Waals surface area contributed by atoms with Crippen LogP contribution in [0.5, 0.6) is 0 Å². The van der Waals surface area contributed by atoms with Crippen LogP contribution in [0.25, 0.3) is 0 Å². The number of carbonyl (C=O) groups is 2. The Labute approximate surface area is 205 Å². The Hall–Kier alpha value is -2.65. The maximum absolute atomic E-state index is 13.8. The summed E-state index contributed by atoms with van der Waals surface area (Å²) in [5, 5.41) is 3.38. The minimum Gasteiger partial charge on any atom is -0.354 e. The molecule has 0 saturated heterocycles. The van der Waals surface area contributed by atoms with E-state index in [2.05, 4.69) is 5.32 Å². The van der Waals surface area contributed by atoms with E-state index in [0.29, 0.717) is 18.0 Å². The SMILES string of the molecule is CCCCNC(=O)C(CC)N(Cc1ccc(Cl)cc1)C(=O)CN(c1cccc(F)c1)S(C)(=O)=O. The maximum Gasteiger partial charge on any atom is 0.244 e. The molecule has 2 rings (SSSR count). The molecule has 1 unspecified atom stereocenters. The van der Waals surface area contributed by atoms with Gasteiger partial charge in [-0.25, -0.2) is 12.8 Å². The Morgan fingerprint density at radius 2 is 1.79 bits per heavy atom. The number of nitrogens with zero attached hydrogens (tertiary/aromatic N) is 2. The predicted octanol–water partition coefficient (Wildman–Crippen LogP) is 3.97. The van der Waals surface area contributed by atoms with E-state index >= 15 is 0 Å². The molecule has 34 heavy (non-hydrogen) atoms. The highest BCUT2D eigenvalue weighted by Crippen LogP contribution is 2.21. The number of amides is 2. The Bertz CT molecular complexity index is 1080. The second-order valence-electron chi connectivity index (χ2n) is 7.97. The lowest BCUT2D eigenvalue weighted by molar-refractivity contribution is -0.140. The topological polar surface area (TPSA) is 86.8 Å². The summed E-state index contributed by atoms with van der Waals surface area (Å²) < 4.78 is 39.6. The molecule has 0 spiro atoms.